The van der Waals surface area contributed by atoms with Crippen LogP contribution in [0.25, 0.3) is 0 Å². The molecule has 1 rings (SSSR count). The normalized spacial score (nSPS) is 13.3. The molecule has 0 amide bonds. The molecule has 2 heteroatoms. The van der Waals surface area contributed by atoms with Gasteiger partial charge in [0.1, 0.15) is 0 Å². The number of hydrogen-bond donors (Lipinski definition) is 1. The van der Waals surface area contributed by atoms with Gasteiger partial charge in [-0.05, 0) is 57.5 Å². The summed E-state index contributed by atoms with van der Waals surface area (Å²) in [6.07, 6.45) is 2.44. The maximum Gasteiger partial charge on any atom is 0.0446 e. The van der Waals surface area contributed by atoms with Gasteiger partial charge in [-0.25, -0.2) is 0 Å². The predicted molar refractivity (Wildman–Crippen MR) is 84.7 cm³/mol. The molecule has 108 valence electrons. The number of aryl methyl sites for hydroxylation is 2. The van der Waals surface area contributed by atoms with E-state index in [2.05, 4.69) is 70.2 Å². The largest absolute Gasteiger partial charge is 0.312 e. The minimum Gasteiger partial charge on any atom is -0.312 e. The van der Waals surface area contributed by atoms with Gasteiger partial charge < -0.3 is 10.2 Å². The molecular weight excluding hydrogens is 232 g/mol. The van der Waals surface area contributed by atoms with E-state index in [1.807, 2.05) is 0 Å². The molecule has 0 aliphatic carbocycles. The van der Waals surface area contributed by atoms with Gasteiger partial charge in [-0.1, -0.05) is 32.0 Å². The van der Waals surface area contributed by atoms with E-state index in [-0.39, 0.29) is 0 Å². The van der Waals surface area contributed by atoms with Gasteiger partial charge in [0.2, 0.25) is 0 Å². The summed E-state index contributed by atoms with van der Waals surface area (Å²) in [5, 5.41) is 3.46. The first-order valence-corrected chi connectivity index (χ1v) is 7.48. The van der Waals surface area contributed by atoms with Crippen LogP contribution in [0.4, 0.5) is 0 Å². The molecule has 1 aromatic carbocycles. The Balaban J connectivity index is 2.80. The highest BCUT2D eigenvalue weighted by molar-refractivity contribution is 5.31. The van der Waals surface area contributed by atoms with Crippen molar-refractivity contribution in [1.82, 2.24) is 10.2 Å². The van der Waals surface area contributed by atoms with Gasteiger partial charge in [0.15, 0.2) is 0 Å². The number of nitrogens with zero attached hydrogens (tertiary/aromatic N) is 1. The highest BCUT2D eigenvalue weighted by atomic mass is 15.1. The lowest BCUT2D eigenvalue weighted by molar-refractivity contribution is 0.209. The molecule has 0 spiro atoms. The Morgan fingerprint density at radius 1 is 1.11 bits per heavy atom. The van der Waals surface area contributed by atoms with Crippen molar-refractivity contribution in [2.75, 3.05) is 20.6 Å². The van der Waals surface area contributed by atoms with Crippen molar-refractivity contribution in [1.29, 1.82) is 0 Å². The van der Waals surface area contributed by atoms with Crippen LogP contribution in [-0.4, -0.2) is 31.6 Å². The monoisotopic (exact) mass is 262 g/mol. The first-order chi connectivity index (χ1) is 9.03. The highest BCUT2D eigenvalue weighted by Crippen LogP contribution is 2.19. The van der Waals surface area contributed by atoms with Crippen LogP contribution in [0.15, 0.2) is 18.2 Å². The van der Waals surface area contributed by atoms with Crippen molar-refractivity contribution in [3.05, 3.63) is 34.9 Å². The molecular formula is C17H30N2. The molecule has 2 nitrogen and oxygen atoms in total. The molecule has 1 unspecified atom stereocenters. The summed E-state index contributed by atoms with van der Waals surface area (Å²) in [4.78, 5) is 2.48. The van der Waals surface area contributed by atoms with Crippen molar-refractivity contribution < 1.29 is 0 Å². The second-order valence-electron chi connectivity index (χ2n) is 5.59. The van der Waals surface area contributed by atoms with Crippen LogP contribution < -0.4 is 5.32 Å². The lowest BCUT2D eigenvalue weighted by Gasteiger charge is -2.30. The van der Waals surface area contributed by atoms with Crippen LogP contribution in [0.3, 0.4) is 0 Å². The quantitative estimate of drug-likeness (QED) is 0.806. The third-order valence-corrected chi connectivity index (χ3v) is 4.32. The average Bonchev–Trinajstić information content (AvgIpc) is 2.40. The fourth-order valence-electron chi connectivity index (χ4n) is 2.69. The van der Waals surface area contributed by atoms with Gasteiger partial charge in [-0.2, -0.15) is 0 Å². The van der Waals surface area contributed by atoms with Gasteiger partial charge in [0.25, 0.3) is 0 Å². The van der Waals surface area contributed by atoms with Crippen LogP contribution in [0.1, 0.15) is 49.4 Å². The minimum absolute atomic E-state index is 0.407. The Bertz CT molecular complexity index is 383. The number of nitrogens with one attached hydrogen (secondary N) is 1. The number of likely N-dealkylation sites (N-methyl/N-ethyl adjacent to an activating group) is 2. The summed E-state index contributed by atoms with van der Waals surface area (Å²) < 4.78 is 0. The third-order valence-electron chi connectivity index (χ3n) is 4.32. The van der Waals surface area contributed by atoms with Gasteiger partial charge in [0.05, 0.1) is 0 Å². The van der Waals surface area contributed by atoms with E-state index in [0.717, 1.165) is 6.54 Å². The Hall–Kier alpha value is -0.860. The van der Waals surface area contributed by atoms with Crippen molar-refractivity contribution in [3.63, 3.8) is 0 Å². The van der Waals surface area contributed by atoms with Crippen LogP contribution >= 0.6 is 0 Å². The van der Waals surface area contributed by atoms with Gasteiger partial charge >= 0.3 is 0 Å². The average molecular weight is 262 g/mol. The summed E-state index contributed by atoms with van der Waals surface area (Å²) in [5.74, 6) is 0. The molecule has 0 aromatic heterocycles. The maximum atomic E-state index is 3.46. The van der Waals surface area contributed by atoms with Crippen molar-refractivity contribution in [3.8, 4) is 0 Å². The molecule has 0 aliphatic heterocycles. The van der Waals surface area contributed by atoms with Crippen LogP contribution in [0.2, 0.25) is 0 Å². The predicted octanol–water partition coefficient (Wildman–Crippen LogP) is 3.68. The number of hydrogen-bond acceptors (Lipinski definition) is 2. The van der Waals surface area contributed by atoms with E-state index in [9.17, 15) is 0 Å². The zero-order valence-corrected chi connectivity index (χ0v) is 13.5. The van der Waals surface area contributed by atoms with Crippen LogP contribution in [0, 0.1) is 13.8 Å². The summed E-state index contributed by atoms with van der Waals surface area (Å²) in [7, 11) is 4.30. The summed E-state index contributed by atoms with van der Waals surface area (Å²) in [6, 6.07) is 7.89. The second-order valence-corrected chi connectivity index (χ2v) is 5.59. The molecule has 1 N–H and O–H groups in total. The van der Waals surface area contributed by atoms with E-state index in [1.165, 1.54) is 29.5 Å². The second kappa shape index (κ2) is 7.66. The molecule has 0 bridgehead atoms. The zero-order chi connectivity index (χ0) is 14.4. The van der Waals surface area contributed by atoms with E-state index < -0.39 is 0 Å². The van der Waals surface area contributed by atoms with E-state index in [4.69, 9.17) is 0 Å². The van der Waals surface area contributed by atoms with Crippen LogP contribution in [0.5, 0.6) is 0 Å². The van der Waals surface area contributed by atoms with E-state index >= 15 is 0 Å². The van der Waals surface area contributed by atoms with Crippen molar-refractivity contribution in [2.45, 2.75) is 52.6 Å². The molecule has 0 saturated carbocycles. The minimum atomic E-state index is 0.407. The number of benzene rings is 1. The van der Waals surface area contributed by atoms with E-state index in [1.54, 1.807) is 0 Å². The van der Waals surface area contributed by atoms with Crippen molar-refractivity contribution >= 4 is 0 Å². The standard InChI is InChI=1S/C17H30N2/c1-7-16(8-2)19(6)12-17(18-5)15-10-9-13(3)14(4)11-15/h9-11,16-18H,7-8,12H2,1-6H3. The Kier molecular flexibility index (Phi) is 6.53. The smallest absolute Gasteiger partial charge is 0.0446 e. The molecule has 0 heterocycles. The SMILES string of the molecule is CCC(CC)N(C)CC(NC)c1ccc(C)c(C)c1. The molecule has 19 heavy (non-hydrogen) atoms. The fourth-order valence-corrected chi connectivity index (χ4v) is 2.69. The first-order valence-electron chi connectivity index (χ1n) is 7.48. The lowest BCUT2D eigenvalue weighted by Crippen LogP contribution is -2.37. The molecule has 1 atom stereocenters. The first kappa shape index (κ1) is 16.2. The zero-order valence-electron chi connectivity index (χ0n) is 13.5. The van der Waals surface area contributed by atoms with Crippen LogP contribution in [-0.2, 0) is 0 Å². The van der Waals surface area contributed by atoms with Gasteiger partial charge in [-0.3, -0.25) is 0 Å². The summed E-state index contributed by atoms with van der Waals surface area (Å²) >= 11 is 0. The summed E-state index contributed by atoms with van der Waals surface area (Å²) in [6.45, 7) is 9.97. The van der Waals surface area contributed by atoms with Gasteiger partial charge in [-0.15, -0.1) is 0 Å². The molecule has 0 radical (unpaired) electrons. The molecule has 0 aliphatic rings. The maximum absolute atomic E-state index is 3.46. The van der Waals surface area contributed by atoms with Gasteiger partial charge in [0, 0.05) is 18.6 Å². The molecule has 0 saturated heterocycles. The number of rotatable bonds is 7. The third kappa shape index (κ3) is 4.32. The topological polar surface area (TPSA) is 15.3 Å². The molecule has 0 fully saturated rings. The Morgan fingerprint density at radius 2 is 1.74 bits per heavy atom. The fraction of sp³-hybridized carbons (Fsp3) is 0.647. The highest BCUT2D eigenvalue weighted by Gasteiger charge is 2.17. The summed E-state index contributed by atoms with van der Waals surface area (Å²) in [5.41, 5.74) is 4.14. The van der Waals surface area contributed by atoms with E-state index in [0.29, 0.717) is 12.1 Å². The Morgan fingerprint density at radius 3 is 2.21 bits per heavy atom. The molecule has 1 aromatic rings. The lowest BCUT2D eigenvalue weighted by atomic mass is 10.00. The Labute approximate surface area is 119 Å². The van der Waals surface area contributed by atoms with Crippen molar-refractivity contribution in [2.24, 2.45) is 0 Å².